The van der Waals surface area contributed by atoms with E-state index >= 15 is 0 Å². The second-order valence-electron chi connectivity index (χ2n) is 4.44. The third-order valence-corrected chi connectivity index (χ3v) is 4.25. The van der Waals surface area contributed by atoms with Crippen molar-refractivity contribution in [2.75, 3.05) is 17.1 Å². The van der Waals surface area contributed by atoms with Crippen LogP contribution in [0.2, 0.25) is 0 Å². The average molecular weight is 320 g/mol. The lowest BCUT2D eigenvalue weighted by Crippen LogP contribution is -2.14. The molecule has 0 fully saturated rings. The number of benzene rings is 2. The number of hydrogen-bond donors (Lipinski definition) is 2. The summed E-state index contributed by atoms with van der Waals surface area (Å²) in [5, 5.41) is 0. The van der Waals surface area contributed by atoms with Crippen LogP contribution in [-0.2, 0) is 14.8 Å². The molecule has 0 saturated heterocycles. The number of esters is 1. The summed E-state index contributed by atoms with van der Waals surface area (Å²) in [7, 11) is -3.72. The second-order valence-corrected chi connectivity index (χ2v) is 6.12. The fraction of sp³-hybridized carbons (Fsp3) is 0.133. The van der Waals surface area contributed by atoms with Crippen LogP contribution in [0.1, 0.15) is 17.3 Å². The van der Waals surface area contributed by atoms with Crippen LogP contribution in [-0.4, -0.2) is 21.0 Å². The van der Waals surface area contributed by atoms with Gasteiger partial charge in [-0.2, -0.15) is 0 Å². The van der Waals surface area contributed by atoms with Crippen molar-refractivity contribution in [3.63, 3.8) is 0 Å². The number of anilines is 2. The molecule has 0 atom stereocenters. The summed E-state index contributed by atoms with van der Waals surface area (Å²) in [6.45, 7) is 1.88. The maximum atomic E-state index is 12.2. The van der Waals surface area contributed by atoms with Crippen molar-refractivity contribution < 1.29 is 17.9 Å². The van der Waals surface area contributed by atoms with E-state index < -0.39 is 16.0 Å². The van der Waals surface area contributed by atoms with Gasteiger partial charge in [-0.3, -0.25) is 4.72 Å². The molecule has 116 valence electrons. The first-order chi connectivity index (χ1) is 10.4. The van der Waals surface area contributed by atoms with Gasteiger partial charge in [-0.05, 0) is 37.3 Å². The number of rotatable bonds is 5. The van der Waals surface area contributed by atoms with Gasteiger partial charge >= 0.3 is 5.97 Å². The largest absolute Gasteiger partial charge is 0.462 e. The molecular formula is C15H16N2O4S. The van der Waals surface area contributed by atoms with Crippen LogP contribution >= 0.6 is 0 Å². The van der Waals surface area contributed by atoms with E-state index in [9.17, 15) is 13.2 Å². The van der Waals surface area contributed by atoms with Crippen molar-refractivity contribution >= 4 is 27.4 Å². The van der Waals surface area contributed by atoms with Gasteiger partial charge in [0.25, 0.3) is 10.0 Å². The number of hydrogen-bond acceptors (Lipinski definition) is 5. The van der Waals surface area contributed by atoms with Crippen molar-refractivity contribution in [1.82, 2.24) is 0 Å². The third kappa shape index (κ3) is 3.56. The Bertz CT molecular complexity index is 773. The van der Waals surface area contributed by atoms with Gasteiger partial charge in [0.1, 0.15) is 0 Å². The molecule has 2 rings (SSSR count). The zero-order valence-electron chi connectivity index (χ0n) is 11.9. The highest BCUT2D eigenvalue weighted by Crippen LogP contribution is 2.21. The summed E-state index contributed by atoms with van der Waals surface area (Å²) in [6, 6.07) is 12.2. The summed E-state index contributed by atoms with van der Waals surface area (Å²) in [4.78, 5) is 11.9. The molecule has 0 radical (unpaired) electrons. The molecule has 3 N–H and O–H groups in total. The highest BCUT2D eigenvalue weighted by atomic mass is 32.2. The Balaban J connectivity index is 2.31. The highest BCUT2D eigenvalue weighted by molar-refractivity contribution is 7.92. The first-order valence-electron chi connectivity index (χ1n) is 6.58. The molecule has 0 aliphatic carbocycles. The van der Waals surface area contributed by atoms with E-state index in [2.05, 4.69) is 4.72 Å². The van der Waals surface area contributed by atoms with Crippen molar-refractivity contribution in [3.05, 3.63) is 54.1 Å². The summed E-state index contributed by atoms with van der Waals surface area (Å²) < 4.78 is 31.8. The molecule has 0 aromatic heterocycles. The fourth-order valence-electron chi connectivity index (χ4n) is 1.82. The lowest BCUT2D eigenvalue weighted by molar-refractivity contribution is 0.0527. The smallest absolute Gasteiger partial charge is 0.340 e. The molecule has 0 amide bonds. The second kappa shape index (κ2) is 6.48. The zero-order chi connectivity index (χ0) is 16.2. The number of nitrogen functional groups attached to an aromatic ring is 1. The van der Waals surface area contributed by atoms with E-state index in [4.69, 9.17) is 10.5 Å². The fourth-order valence-corrected chi connectivity index (χ4v) is 2.89. The molecule has 0 heterocycles. The lowest BCUT2D eigenvalue weighted by atomic mass is 10.1. The summed E-state index contributed by atoms with van der Waals surface area (Å²) in [5.74, 6) is -0.597. The Morgan fingerprint density at radius 3 is 2.50 bits per heavy atom. The SMILES string of the molecule is CCOC(=O)c1cc(NS(=O)(=O)c2ccccc2)ccc1N. The molecule has 22 heavy (non-hydrogen) atoms. The standard InChI is InChI=1S/C15H16N2O4S/c1-2-21-15(18)13-10-11(8-9-14(13)16)17-22(19,20)12-6-4-3-5-7-12/h3-10,17H,2,16H2,1H3. The molecule has 0 saturated carbocycles. The molecule has 0 unspecified atom stereocenters. The van der Waals surface area contributed by atoms with E-state index in [0.29, 0.717) is 0 Å². The van der Waals surface area contributed by atoms with Crippen LogP contribution in [0.15, 0.2) is 53.4 Å². The molecule has 2 aromatic rings. The van der Waals surface area contributed by atoms with Gasteiger partial charge in [0.15, 0.2) is 0 Å². The summed E-state index contributed by atoms with van der Waals surface area (Å²) in [6.07, 6.45) is 0. The Labute approximate surface area is 129 Å². The van der Waals surface area contributed by atoms with Gasteiger partial charge in [0.2, 0.25) is 0 Å². The van der Waals surface area contributed by atoms with Crippen LogP contribution in [0, 0.1) is 0 Å². The van der Waals surface area contributed by atoms with Gasteiger partial charge in [-0.1, -0.05) is 18.2 Å². The van der Waals surface area contributed by atoms with E-state index in [0.717, 1.165) is 0 Å². The minimum atomic E-state index is -3.72. The Morgan fingerprint density at radius 2 is 1.86 bits per heavy atom. The van der Waals surface area contributed by atoms with Crippen LogP contribution in [0.25, 0.3) is 0 Å². The van der Waals surface area contributed by atoms with Crippen LogP contribution in [0.4, 0.5) is 11.4 Å². The Hall–Kier alpha value is -2.54. The average Bonchev–Trinajstić information content (AvgIpc) is 2.50. The van der Waals surface area contributed by atoms with Gasteiger partial charge in [0, 0.05) is 11.4 Å². The summed E-state index contributed by atoms with van der Waals surface area (Å²) >= 11 is 0. The molecule has 2 aromatic carbocycles. The topological polar surface area (TPSA) is 98.5 Å². The molecule has 0 aliphatic heterocycles. The van der Waals surface area contributed by atoms with Crippen LogP contribution in [0.5, 0.6) is 0 Å². The molecule has 6 nitrogen and oxygen atoms in total. The van der Waals surface area contributed by atoms with Gasteiger partial charge in [-0.25, -0.2) is 13.2 Å². The first-order valence-corrected chi connectivity index (χ1v) is 8.07. The number of nitrogens with two attached hydrogens (primary N) is 1. The maximum Gasteiger partial charge on any atom is 0.340 e. The lowest BCUT2D eigenvalue weighted by Gasteiger charge is -2.11. The van der Waals surface area contributed by atoms with Crippen LogP contribution in [0.3, 0.4) is 0 Å². The molecule has 0 aliphatic rings. The minimum absolute atomic E-state index is 0.120. The molecular weight excluding hydrogens is 304 g/mol. The number of sulfonamides is 1. The summed E-state index contributed by atoms with van der Waals surface area (Å²) in [5.41, 5.74) is 6.30. The van der Waals surface area contributed by atoms with Crippen molar-refractivity contribution in [1.29, 1.82) is 0 Å². The Kier molecular flexibility index (Phi) is 4.67. The van der Waals surface area contributed by atoms with Gasteiger partial charge in [-0.15, -0.1) is 0 Å². The maximum absolute atomic E-state index is 12.2. The van der Waals surface area contributed by atoms with Gasteiger partial charge < -0.3 is 10.5 Å². The zero-order valence-corrected chi connectivity index (χ0v) is 12.8. The van der Waals surface area contributed by atoms with E-state index in [1.807, 2.05) is 0 Å². The monoisotopic (exact) mass is 320 g/mol. The number of ether oxygens (including phenoxy) is 1. The quantitative estimate of drug-likeness (QED) is 0.650. The van der Waals surface area contributed by atoms with Crippen molar-refractivity contribution in [2.24, 2.45) is 0 Å². The third-order valence-electron chi connectivity index (χ3n) is 2.85. The van der Waals surface area contributed by atoms with E-state index in [1.54, 1.807) is 25.1 Å². The predicted octanol–water partition coefficient (Wildman–Crippen LogP) is 2.25. The Morgan fingerprint density at radius 1 is 1.18 bits per heavy atom. The van der Waals surface area contributed by atoms with E-state index in [1.165, 1.54) is 30.3 Å². The molecule has 0 bridgehead atoms. The highest BCUT2D eigenvalue weighted by Gasteiger charge is 2.16. The number of carbonyl (C=O) groups is 1. The number of nitrogens with one attached hydrogen (secondary N) is 1. The molecule has 0 spiro atoms. The van der Waals surface area contributed by atoms with Crippen molar-refractivity contribution in [3.8, 4) is 0 Å². The van der Waals surface area contributed by atoms with Crippen LogP contribution < -0.4 is 10.5 Å². The van der Waals surface area contributed by atoms with E-state index in [-0.39, 0.29) is 28.4 Å². The van der Waals surface area contributed by atoms with Gasteiger partial charge in [0.05, 0.1) is 17.1 Å². The number of carbonyl (C=O) groups excluding carboxylic acids is 1. The molecule has 7 heteroatoms. The first kappa shape index (κ1) is 15.8. The van der Waals surface area contributed by atoms with Crippen molar-refractivity contribution in [2.45, 2.75) is 11.8 Å². The normalized spacial score (nSPS) is 11.0. The predicted molar refractivity (Wildman–Crippen MR) is 84.1 cm³/mol. The minimum Gasteiger partial charge on any atom is -0.462 e.